The van der Waals surface area contributed by atoms with Gasteiger partial charge in [-0.2, -0.15) is 0 Å². The zero-order valence-corrected chi connectivity index (χ0v) is 15.7. The van der Waals surface area contributed by atoms with Crippen molar-refractivity contribution in [3.8, 4) is 0 Å². The van der Waals surface area contributed by atoms with Crippen molar-refractivity contribution >= 4 is 11.6 Å². The van der Waals surface area contributed by atoms with Crippen LogP contribution in [0, 0.1) is 28.1 Å². The summed E-state index contributed by atoms with van der Waals surface area (Å²) in [6.07, 6.45) is 14.3. The van der Waals surface area contributed by atoms with Crippen LogP contribution < -0.4 is 0 Å². The van der Waals surface area contributed by atoms with E-state index in [2.05, 4.69) is 26.0 Å². The van der Waals surface area contributed by atoms with Crippen LogP contribution in [0.15, 0.2) is 34.9 Å². The zero-order chi connectivity index (χ0) is 17.6. The molecule has 5 aliphatic carbocycles. The summed E-state index contributed by atoms with van der Waals surface area (Å²) >= 11 is 0. The fraction of sp³-hybridized carbons (Fsp3) is 0.652. The standard InChI is InChI=1S/C23H28O2/c1-14-12-18-16(13-20(14)25)4-5-19-17(18)6-7-21(3)22(15(2)24)8-10-23(19,21)11-9-22/h8,10,13-14,19H,4-7,9,11-12H2,1-3H3/t14?,19-,21-,22-,23?/m1/s1. The van der Waals surface area contributed by atoms with Crippen molar-refractivity contribution in [3.05, 3.63) is 34.9 Å². The second kappa shape index (κ2) is 4.64. The van der Waals surface area contributed by atoms with Gasteiger partial charge in [0.2, 0.25) is 0 Å². The molecule has 2 heteroatoms. The zero-order valence-electron chi connectivity index (χ0n) is 15.7. The van der Waals surface area contributed by atoms with Crippen LogP contribution in [0.4, 0.5) is 0 Å². The van der Waals surface area contributed by atoms with Crippen LogP contribution >= 0.6 is 0 Å². The lowest BCUT2D eigenvalue weighted by Crippen LogP contribution is -2.50. The molecule has 5 rings (SSSR count). The molecule has 5 aliphatic rings. The van der Waals surface area contributed by atoms with Crippen molar-refractivity contribution in [1.29, 1.82) is 0 Å². The minimum atomic E-state index is -0.213. The van der Waals surface area contributed by atoms with Gasteiger partial charge in [0.25, 0.3) is 0 Å². The van der Waals surface area contributed by atoms with E-state index in [9.17, 15) is 9.59 Å². The number of allylic oxidation sites excluding steroid dienone is 6. The molecule has 0 spiro atoms. The molecule has 0 aromatic rings. The van der Waals surface area contributed by atoms with E-state index in [0.29, 0.717) is 17.5 Å². The van der Waals surface area contributed by atoms with E-state index in [1.54, 1.807) is 12.5 Å². The molecule has 0 N–H and O–H groups in total. The first-order valence-corrected chi connectivity index (χ1v) is 10.0. The van der Waals surface area contributed by atoms with Crippen molar-refractivity contribution in [2.24, 2.45) is 28.1 Å². The van der Waals surface area contributed by atoms with Gasteiger partial charge in [0, 0.05) is 11.3 Å². The maximum atomic E-state index is 12.6. The fourth-order valence-electron chi connectivity index (χ4n) is 7.47. The molecule has 132 valence electrons. The quantitative estimate of drug-likeness (QED) is 0.635. The third kappa shape index (κ3) is 1.59. The molecule has 0 radical (unpaired) electrons. The van der Waals surface area contributed by atoms with E-state index in [1.165, 1.54) is 11.1 Å². The molecule has 2 bridgehead atoms. The number of ketones is 2. The third-order valence-corrected chi connectivity index (χ3v) is 8.97. The lowest BCUT2D eigenvalue weighted by Gasteiger charge is -2.55. The van der Waals surface area contributed by atoms with Gasteiger partial charge in [-0.25, -0.2) is 0 Å². The Balaban J connectivity index is 1.65. The molecule has 2 nitrogen and oxygen atoms in total. The van der Waals surface area contributed by atoms with Crippen LogP contribution in [0.1, 0.15) is 65.7 Å². The second-order valence-electron chi connectivity index (χ2n) is 9.51. The average Bonchev–Trinajstić information content (AvgIpc) is 3.01. The van der Waals surface area contributed by atoms with Crippen LogP contribution in [0.3, 0.4) is 0 Å². The first-order chi connectivity index (χ1) is 11.8. The van der Waals surface area contributed by atoms with Gasteiger partial charge in [0.05, 0.1) is 5.41 Å². The second-order valence-corrected chi connectivity index (χ2v) is 9.51. The predicted molar refractivity (Wildman–Crippen MR) is 97.9 cm³/mol. The van der Waals surface area contributed by atoms with Gasteiger partial charge in [-0.15, -0.1) is 0 Å². The summed E-state index contributed by atoms with van der Waals surface area (Å²) in [6, 6.07) is 0. The molecule has 0 amide bonds. The minimum Gasteiger partial charge on any atom is -0.299 e. The van der Waals surface area contributed by atoms with Crippen LogP contribution in [0.5, 0.6) is 0 Å². The Kier molecular flexibility index (Phi) is 2.93. The Morgan fingerprint density at radius 2 is 1.96 bits per heavy atom. The molecule has 5 atom stereocenters. The van der Waals surface area contributed by atoms with E-state index >= 15 is 0 Å². The monoisotopic (exact) mass is 336 g/mol. The highest BCUT2D eigenvalue weighted by molar-refractivity contribution is 5.95. The minimum absolute atomic E-state index is 0.0951. The summed E-state index contributed by atoms with van der Waals surface area (Å²) in [5, 5.41) is 0. The Labute approximate surface area is 150 Å². The molecule has 25 heavy (non-hydrogen) atoms. The predicted octanol–water partition coefficient (Wildman–Crippen LogP) is 4.95. The highest BCUT2D eigenvalue weighted by Crippen LogP contribution is 2.77. The van der Waals surface area contributed by atoms with Crippen LogP contribution in [0.2, 0.25) is 0 Å². The summed E-state index contributed by atoms with van der Waals surface area (Å²) in [4.78, 5) is 24.8. The topological polar surface area (TPSA) is 34.1 Å². The molecule has 0 aromatic carbocycles. The van der Waals surface area contributed by atoms with E-state index in [-0.39, 0.29) is 22.2 Å². The normalized spacial score (nSPS) is 47.3. The van der Waals surface area contributed by atoms with Crippen LogP contribution in [0.25, 0.3) is 0 Å². The van der Waals surface area contributed by atoms with E-state index in [0.717, 1.165) is 44.9 Å². The summed E-state index contributed by atoms with van der Waals surface area (Å²) in [6.45, 7) is 6.28. The van der Waals surface area contributed by atoms with Crippen molar-refractivity contribution in [1.82, 2.24) is 0 Å². The molecule has 0 heterocycles. The highest BCUT2D eigenvalue weighted by atomic mass is 16.1. The first-order valence-electron chi connectivity index (χ1n) is 10.0. The Morgan fingerprint density at radius 1 is 1.16 bits per heavy atom. The number of hydrogen-bond donors (Lipinski definition) is 0. The van der Waals surface area contributed by atoms with Gasteiger partial charge in [0.1, 0.15) is 5.78 Å². The van der Waals surface area contributed by atoms with Crippen LogP contribution in [-0.4, -0.2) is 11.6 Å². The number of fused-ring (bicyclic) bond motifs is 2. The highest BCUT2D eigenvalue weighted by Gasteiger charge is 2.72. The van der Waals surface area contributed by atoms with Crippen molar-refractivity contribution in [2.75, 3.05) is 0 Å². The maximum absolute atomic E-state index is 12.6. The molecule has 2 unspecified atom stereocenters. The Hall–Kier alpha value is -1.44. The molecule has 0 aromatic heterocycles. The lowest BCUT2D eigenvalue weighted by atomic mass is 9.47. The molecule has 0 aliphatic heterocycles. The summed E-state index contributed by atoms with van der Waals surface area (Å²) < 4.78 is 0. The van der Waals surface area contributed by atoms with E-state index < -0.39 is 0 Å². The van der Waals surface area contributed by atoms with Crippen molar-refractivity contribution in [3.63, 3.8) is 0 Å². The van der Waals surface area contributed by atoms with Gasteiger partial charge >= 0.3 is 0 Å². The first kappa shape index (κ1) is 15.8. The van der Waals surface area contributed by atoms with Gasteiger partial charge in [-0.05, 0) is 80.4 Å². The van der Waals surface area contributed by atoms with Gasteiger partial charge < -0.3 is 0 Å². The lowest BCUT2D eigenvalue weighted by molar-refractivity contribution is -0.131. The molecule has 2 fully saturated rings. The summed E-state index contributed by atoms with van der Waals surface area (Å²) in [5.74, 6) is 1.40. The van der Waals surface area contributed by atoms with Gasteiger partial charge in [-0.3, -0.25) is 9.59 Å². The molecule has 0 saturated heterocycles. The Morgan fingerprint density at radius 3 is 2.64 bits per heavy atom. The van der Waals surface area contributed by atoms with Gasteiger partial charge in [-0.1, -0.05) is 31.6 Å². The van der Waals surface area contributed by atoms with Crippen molar-refractivity contribution in [2.45, 2.75) is 65.7 Å². The SMILES string of the molecule is CC(=O)[C@@]12C=CC3(CC1)[C@@H]1CCC4=CC(=O)C(C)CC4=C1CC[C@@]32C. The number of Topliss-reactive ketones (excluding diaryl/α,β-unsaturated/α-hetero) is 1. The molecule has 2 saturated carbocycles. The average molecular weight is 336 g/mol. The number of hydrogen-bond acceptors (Lipinski definition) is 2. The fourth-order valence-corrected chi connectivity index (χ4v) is 7.47. The third-order valence-electron chi connectivity index (χ3n) is 8.97. The number of carbonyl (C=O) groups excluding carboxylic acids is 2. The van der Waals surface area contributed by atoms with E-state index in [1.807, 2.05) is 6.08 Å². The number of carbonyl (C=O) groups is 2. The number of rotatable bonds is 1. The molecular formula is C23H28O2. The molecular weight excluding hydrogens is 308 g/mol. The van der Waals surface area contributed by atoms with E-state index in [4.69, 9.17) is 0 Å². The Bertz CT molecular complexity index is 797. The maximum Gasteiger partial charge on any atom is 0.159 e. The van der Waals surface area contributed by atoms with Crippen molar-refractivity contribution < 1.29 is 9.59 Å². The van der Waals surface area contributed by atoms with Crippen LogP contribution in [-0.2, 0) is 9.59 Å². The smallest absolute Gasteiger partial charge is 0.159 e. The van der Waals surface area contributed by atoms with Gasteiger partial charge in [0.15, 0.2) is 5.78 Å². The summed E-state index contributed by atoms with van der Waals surface area (Å²) in [7, 11) is 0. The summed E-state index contributed by atoms with van der Waals surface area (Å²) in [5.41, 5.74) is 4.54. The largest absolute Gasteiger partial charge is 0.299 e.